The first kappa shape index (κ1) is 18.5. The Morgan fingerprint density at radius 1 is 1.23 bits per heavy atom. The lowest BCUT2D eigenvalue weighted by molar-refractivity contribution is -0.122. The number of rotatable bonds is 7. The molecular weight excluding hydrogens is 330 g/mol. The number of piperazine rings is 1. The van der Waals surface area contributed by atoms with Crippen molar-refractivity contribution in [1.29, 1.82) is 0 Å². The van der Waals surface area contributed by atoms with E-state index in [4.69, 9.17) is 4.52 Å². The number of carbonyl (C=O) groups is 1. The lowest BCUT2D eigenvalue weighted by atomic mass is 10.2. The minimum atomic E-state index is 0.0693. The number of aryl methyl sites for hydroxylation is 1. The second kappa shape index (κ2) is 8.91. The van der Waals surface area contributed by atoms with Crippen molar-refractivity contribution in [2.24, 2.45) is 0 Å². The Bertz CT molecular complexity index is 695. The van der Waals surface area contributed by atoms with Crippen LogP contribution in [0.1, 0.15) is 37.2 Å². The number of carbonyl (C=O) groups excluding carboxylic acids is 1. The normalized spacial score (nSPS) is 17.2. The van der Waals surface area contributed by atoms with Gasteiger partial charge in [0, 0.05) is 39.1 Å². The summed E-state index contributed by atoms with van der Waals surface area (Å²) in [6.07, 6.45) is 0.780. The average Bonchev–Trinajstić information content (AvgIpc) is 3.16. The summed E-state index contributed by atoms with van der Waals surface area (Å²) >= 11 is 0. The van der Waals surface area contributed by atoms with Gasteiger partial charge in [-0.15, -0.1) is 0 Å². The van der Waals surface area contributed by atoms with Crippen molar-refractivity contribution in [3.05, 3.63) is 47.6 Å². The summed E-state index contributed by atoms with van der Waals surface area (Å²) in [5.41, 5.74) is 1.12. The second-order valence-corrected chi connectivity index (χ2v) is 6.65. The molecule has 0 bridgehead atoms. The zero-order valence-electron chi connectivity index (χ0n) is 15.5. The van der Waals surface area contributed by atoms with Crippen LogP contribution < -0.4 is 5.32 Å². The molecule has 1 unspecified atom stereocenters. The van der Waals surface area contributed by atoms with E-state index >= 15 is 0 Å². The largest absolute Gasteiger partial charge is 0.351 e. The van der Waals surface area contributed by atoms with E-state index in [-0.39, 0.29) is 11.9 Å². The summed E-state index contributed by atoms with van der Waals surface area (Å²) in [5, 5.41) is 6.96. The van der Waals surface area contributed by atoms with Crippen LogP contribution in [-0.2, 0) is 17.8 Å². The van der Waals surface area contributed by atoms with Crippen LogP contribution in [0.2, 0.25) is 0 Å². The molecule has 1 N–H and O–H groups in total. The molecule has 0 aliphatic carbocycles. The third-order valence-electron chi connectivity index (χ3n) is 4.81. The Hall–Kier alpha value is -2.25. The topological polar surface area (TPSA) is 74.5 Å². The molecule has 1 fully saturated rings. The molecule has 1 aliphatic heterocycles. The summed E-state index contributed by atoms with van der Waals surface area (Å²) in [6, 6.07) is 10.1. The third kappa shape index (κ3) is 4.89. The van der Waals surface area contributed by atoms with Gasteiger partial charge in [0.05, 0.1) is 12.6 Å². The lowest BCUT2D eigenvalue weighted by Crippen LogP contribution is -2.49. The molecule has 1 atom stereocenters. The van der Waals surface area contributed by atoms with Crippen LogP contribution in [0.25, 0.3) is 0 Å². The van der Waals surface area contributed by atoms with E-state index in [0.29, 0.717) is 19.0 Å². The van der Waals surface area contributed by atoms with Crippen molar-refractivity contribution >= 4 is 5.91 Å². The van der Waals surface area contributed by atoms with E-state index in [9.17, 15) is 4.79 Å². The molecule has 1 amide bonds. The molecular formula is C19H27N5O2. The molecule has 1 aromatic carbocycles. The summed E-state index contributed by atoms with van der Waals surface area (Å²) < 4.78 is 5.36. The van der Waals surface area contributed by atoms with Crippen molar-refractivity contribution in [3.63, 3.8) is 0 Å². The summed E-state index contributed by atoms with van der Waals surface area (Å²) in [5.74, 6) is 1.50. The molecule has 0 radical (unpaired) electrons. The van der Waals surface area contributed by atoms with Gasteiger partial charge in [-0.25, -0.2) is 0 Å². The van der Waals surface area contributed by atoms with Crippen LogP contribution in [0.3, 0.4) is 0 Å². The molecule has 2 heterocycles. The number of aromatic nitrogens is 2. The molecule has 140 valence electrons. The highest BCUT2D eigenvalue weighted by Gasteiger charge is 2.26. The first-order valence-corrected chi connectivity index (χ1v) is 9.25. The highest BCUT2D eigenvalue weighted by Crippen LogP contribution is 2.20. The van der Waals surface area contributed by atoms with E-state index in [1.165, 1.54) is 0 Å². The van der Waals surface area contributed by atoms with Gasteiger partial charge >= 0.3 is 0 Å². The Morgan fingerprint density at radius 3 is 2.62 bits per heavy atom. The predicted molar refractivity (Wildman–Crippen MR) is 98.4 cm³/mol. The number of hydrogen-bond donors (Lipinski definition) is 1. The van der Waals surface area contributed by atoms with Gasteiger partial charge in [-0.3, -0.25) is 14.6 Å². The third-order valence-corrected chi connectivity index (χ3v) is 4.81. The van der Waals surface area contributed by atoms with Crippen molar-refractivity contribution in [3.8, 4) is 0 Å². The monoisotopic (exact) mass is 357 g/mol. The molecule has 0 spiro atoms. The van der Waals surface area contributed by atoms with E-state index in [2.05, 4.69) is 32.2 Å². The van der Waals surface area contributed by atoms with Gasteiger partial charge < -0.3 is 9.84 Å². The van der Waals surface area contributed by atoms with E-state index < -0.39 is 0 Å². The van der Waals surface area contributed by atoms with Crippen LogP contribution in [0.4, 0.5) is 0 Å². The molecule has 1 saturated heterocycles. The first-order valence-electron chi connectivity index (χ1n) is 9.25. The zero-order valence-corrected chi connectivity index (χ0v) is 15.5. The number of nitrogens with zero attached hydrogens (tertiary/aromatic N) is 4. The van der Waals surface area contributed by atoms with Crippen molar-refractivity contribution in [2.45, 2.75) is 32.9 Å². The van der Waals surface area contributed by atoms with Crippen molar-refractivity contribution in [2.75, 3.05) is 32.7 Å². The second-order valence-electron chi connectivity index (χ2n) is 6.65. The molecule has 7 nitrogen and oxygen atoms in total. The van der Waals surface area contributed by atoms with E-state index in [1.54, 1.807) is 0 Å². The summed E-state index contributed by atoms with van der Waals surface area (Å²) in [4.78, 5) is 21.1. The van der Waals surface area contributed by atoms with Crippen molar-refractivity contribution in [1.82, 2.24) is 25.3 Å². The van der Waals surface area contributed by atoms with Gasteiger partial charge in [0.25, 0.3) is 0 Å². The number of amides is 1. The number of hydrogen-bond acceptors (Lipinski definition) is 6. The molecule has 7 heteroatoms. The highest BCUT2D eigenvalue weighted by molar-refractivity contribution is 5.78. The standard InChI is InChI=1S/C19H27N5O2/c1-3-17-21-19(26-22-17)15(2)24-11-9-23(10-12-24)14-18(25)20-13-16-7-5-4-6-8-16/h4-8,15H,3,9-14H2,1-2H3,(H,20,25). The maximum absolute atomic E-state index is 12.2. The summed E-state index contributed by atoms with van der Waals surface area (Å²) in [7, 11) is 0. The molecule has 2 aromatic rings. The molecule has 3 rings (SSSR count). The van der Waals surface area contributed by atoms with E-state index in [1.807, 2.05) is 37.3 Å². The molecule has 1 aliphatic rings. The average molecular weight is 357 g/mol. The zero-order chi connectivity index (χ0) is 18.4. The summed E-state index contributed by atoms with van der Waals surface area (Å²) in [6.45, 7) is 8.61. The van der Waals surface area contributed by atoms with Gasteiger partial charge in [-0.2, -0.15) is 4.98 Å². The fourth-order valence-electron chi connectivity index (χ4n) is 3.10. The maximum Gasteiger partial charge on any atom is 0.243 e. The van der Waals surface area contributed by atoms with Gasteiger partial charge in [-0.05, 0) is 12.5 Å². The lowest BCUT2D eigenvalue weighted by Gasteiger charge is -2.36. The van der Waals surface area contributed by atoms with Crippen LogP contribution in [0, 0.1) is 0 Å². The maximum atomic E-state index is 12.2. The van der Waals surface area contributed by atoms with Gasteiger partial charge in [0.15, 0.2) is 5.82 Å². The SMILES string of the molecule is CCc1noc(C(C)N2CCN(CC(=O)NCc3ccccc3)CC2)n1. The van der Waals surface area contributed by atoms with Crippen LogP contribution >= 0.6 is 0 Å². The van der Waals surface area contributed by atoms with Crippen LogP contribution in [0.15, 0.2) is 34.9 Å². The predicted octanol–water partition coefficient (Wildman–Crippen LogP) is 1.63. The first-order chi connectivity index (χ1) is 12.7. The van der Waals surface area contributed by atoms with Gasteiger partial charge in [0.1, 0.15) is 0 Å². The number of nitrogens with one attached hydrogen (secondary N) is 1. The van der Waals surface area contributed by atoms with E-state index in [0.717, 1.165) is 44.0 Å². The molecule has 26 heavy (non-hydrogen) atoms. The fourth-order valence-corrected chi connectivity index (χ4v) is 3.10. The van der Waals surface area contributed by atoms with Gasteiger partial charge in [-0.1, -0.05) is 42.4 Å². The highest BCUT2D eigenvalue weighted by atomic mass is 16.5. The van der Waals surface area contributed by atoms with Gasteiger partial charge in [0.2, 0.25) is 11.8 Å². The minimum Gasteiger partial charge on any atom is -0.351 e. The Kier molecular flexibility index (Phi) is 6.35. The smallest absolute Gasteiger partial charge is 0.243 e. The quantitative estimate of drug-likeness (QED) is 0.812. The number of benzene rings is 1. The molecule has 1 aromatic heterocycles. The van der Waals surface area contributed by atoms with Crippen molar-refractivity contribution < 1.29 is 9.32 Å². The minimum absolute atomic E-state index is 0.0693. The Balaban J connectivity index is 1.41. The Morgan fingerprint density at radius 2 is 1.96 bits per heavy atom. The molecule has 0 saturated carbocycles. The van der Waals surface area contributed by atoms with Crippen LogP contribution in [-0.4, -0.2) is 58.6 Å². The van der Waals surface area contributed by atoms with Crippen LogP contribution in [0.5, 0.6) is 0 Å². The Labute approximate surface area is 154 Å². The fraction of sp³-hybridized carbons (Fsp3) is 0.526.